The molecular formula is C9H17NO2. The number of rotatable bonds is 4. The van der Waals surface area contributed by atoms with Crippen molar-refractivity contribution in [3.63, 3.8) is 0 Å². The van der Waals surface area contributed by atoms with Crippen LogP contribution in [0.1, 0.15) is 19.8 Å². The maximum atomic E-state index is 11.4. The second-order valence-corrected chi connectivity index (χ2v) is 3.13. The number of carbonyl (C=O) groups excluding carboxylic acids is 1. The molecule has 3 heteroatoms. The molecule has 1 heterocycles. The van der Waals surface area contributed by atoms with Crippen LogP contribution in [0.3, 0.4) is 0 Å². The SMILES string of the molecule is CCNCC(=O)C1CCOCC1. The fourth-order valence-electron chi connectivity index (χ4n) is 1.41. The highest BCUT2D eigenvalue weighted by Gasteiger charge is 2.20. The van der Waals surface area contributed by atoms with Gasteiger partial charge in [0.25, 0.3) is 0 Å². The van der Waals surface area contributed by atoms with Gasteiger partial charge in [-0.05, 0) is 19.4 Å². The summed E-state index contributed by atoms with van der Waals surface area (Å²) in [6.45, 7) is 4.92. The number of ether oxygens (including phenoxy) is 1. The largest absolute Gasteiger partial charge is 0.381 e. The van der Waals surface area contributed by atoms with Gasteiger partial charge in [0.2, 0.25) is 0 Å². The normalized spacial score (nSPS) is 19.4. The minimum atomic E-state index is 0.248. The van der Waals surface area contributed by atoms with Crippen LogP contribution in [0.5, 0.6) is 0 Å². The van der Waals surface area contributed by atoms with Crippen molar-refractivity contribution < 1.29 is 9.53 Å². The van der Waals surface area contributed by atoms with Gasteiger partial charge in [-0.3, -0.25) is 4.79 Å². The van der Waals surface area contributed by atoms with E-state index < -0.39 is 0 Å². The average Bonchev–Trinajstić information content (AvgIpc) is 2.15. The summed E-state index contributed by atoms with van der Waals surface area (Å²) in [6.07, 6.45) is 1.81. The molecule has 0 radical (unpaired) electrons. The third kappa shape index (κ3) is 2.91. The van der Waals surface area contributed by atoms with Gasteiger partial charge < -0.3 is 10.1 Å². The Balaban J connectivity index is 2.20. The monoisotopic (exact) mass is 171 g/mol. The third-order valence-corrected chi connectivity index (χ3v) is 2.23. The van der Waals surface area contributed by atoms with Crippen molar-refractivity contribution in [2.45, 2.75) is 19.8 Å². The lowest BCUT2D eigenvalue weighted by Gasteiger charge is -2.20. The van der Waals surface area contributed by atoms with E-state index in [2.05, 4.69) is 5.32 Å². The van der Waals surface area contributed by atoms with Gasteiger partial charge in [-0.15, -0.1) is 0 Å². The van der Waals surface area contributed by atoms with E-state index in [4.69, 9.17) is 4.74 Å². The summed E-state index contributed by atoms with van der Waals surface area (Å²) < 4.78 is 5.18. The number of likely N-dealkylation sites (N-methyl/N-ethyl adjacent to an activating group) is 1. The van der Waals surface area contributed by atoms with Crippen molar-refractivity contribution in [3.05, 3.63) is 0 Å². The predicted molar refractivity (Wildman–Crippen MR) is 47.1 cm³/mol. The third-order valence-electron chi connectivity index (χ3n) is 2.23. The number of Topliss-reactive ketones (excluding diaryl/α,β-unsaturated/α-hetero) is 1. The Hall–Kier alpha value is -0.410. The summed E-state index contributed by atoms with van der Waals surface area (Å²) in [5.41, 5.74) is 0. The number of hydrogen-bond donors (Lipinski definition) is 1. The first-order chi connectivity index (χ1) is 5.84. The van der Waals surface area contributed by atoms with Crippen LogP contribution in [0.4, 0.5) is 0 Å². The Labute approximate surface area is 73.5 Å². The molecule has 0 aromatic rings. The van der Waals surface area contributed by atoms with Crippen LogP contribution < -0.4 is 5.32 Å². The fraction of sp³-hybridized carbons (Fsp3) is 0.889. The highest BCUT2D eigenvalue weighted by Crippen LogP contribution is 2.14. The summed E-state index contributed by atoms with van der Waals surface area (Å²) >= 11 is 0. The molecule has 0 spiro atoms. The van der Waals surface area contributed by atoms with Crippen molar-refractivity contribution in [1.29, 1.82) is 0 Å². The molecule has 0 unspecified atom stereocenters. The van der Waals surface area contributed by atoms with E-state index in [-0.39, 0.29) is 5.92 Å². The van der Waals surface area contributed by atoms with Gasteiger partial charge in [0.15, 0.2) is 0 Å². The van der Waals surface area contributed by atoms with Crippen molar-refractivity contribution in [2.75, 3.05) is 26.3 Å². The molecule has 1 N–H and O–H groups in total. The first-order valence-electron chi connectivity index (χ1n) is 4.65. The number of carbonyl (C=O) groups is 1. The van der Waals surface area contributed by atoms with Crippen LogP contribution in [0.25, 0.3) is 0 Å². The molecule has 70 valence electrons. The van der Waals surface area contributed by atoms with Crippen LogP contribution in [0.15, 0.2) is 0 Å². The maximum Gasteiger partial charge on any atom is 0.149 e. The van der Waals surface area contributed by atoms with Gasteiger partial charge in [0.05, 0.1) is 6.54 Å². The van der Waals surface area contributed by atoms with Crippen molar-refractivity contribution in [3.8, 4) is 0 Å². The zero-order valence-electron chi connectivity index (χ0n) is 7.64. The van der Waals surface area contributed by atoms with Gasteiger partial charge in [-0.2, -0.15) is 0 Å². The summed E-state index contributed by atoms with van der Waals surface area (Å²) in [6, 6.07) is 0. The van der Waals surface area contributed by atoms with Crippen LogP contribution in [-0.2, 0) is 9.53 Å². The minimum absolute atomic E-state index is 0.248. The van der Waals surface area contributed by atoms with Crippen LogP contribution in [0.2, 0.25) is 0 Å². The molecule has 12 heavy (non-hydrogen) atoms. The topological polar surface area (TPSA) is 38.3 Å². The van der Waals surface area contributed by atoms with Crippen LogP contribution >= 0.6 is 0 Å². The molecular weight excluding hydrogens is 154 g/mol. The van der Waals surface area contributed by atoms with Crippen molar-refractivity contribution in [2.24, 2.45) is 5.92 Å². The molecule has 0 saturated carbocycles. The molecule has 0 amide bonds. The quantitative estimate of drug-likeness (QED) is 0.673. The second-order valence-electron chi connectivity index (χ2n) is 3.13. The fourth-order valence-corrected chi connectivity index (χ4v) is 1.41. The van der Waals surface area contributed by atoms with Gasteiger partial charge >= 0.3 is 0 Å². The molecule has 0 aliphatic carbocycles. The Morgan fingerprint density at radius 3 is 2.75 bits per heavy atom. The van der Waals surface area contributed by atoms with E-state index in [1.54, 1.807) is 0 Å². The van der Waals surface area contributed by atoms with E-state index in [9.17, 15) is 4.79 Å². The lowest BCUT2D eigenvalue weighted by atomic mass is 9.95. The number of hydrogen-bond acceptors (Lipinski definition) is 3. The van der Waals surface area contributed by atoms with Gasteiger partial charge in [0, 0.05) is 19.1 Å². The first-order valence-corrected chi connectivity index (χ1v) is 4.65. The molecule has 1 saturated heterocycles. The van der Waals surface area contributed by atoms with E-state index in [1.165, 1.54) is 0 Å². The van der Waals surface area contributed by atoms with Crippen molar-refractivity contribution in [1.82, 2.24) is 5.32 Å². The maximum absolute atomic E-state index is 11.4. The smallest absolute Gasteiger partial charge is 0.149 e. The molecule has 0 aromatic heterocycles. The van der Waals surface area contributed by atoms with Crippen LogP contribution in [0, 0.1) is 5.92 Å². The van der Waals surface area contributed by atoms with Gasteiger partial charge in [-0.1, -0.05) is 6.92 Å². The summed E-state index contributed by atoms with van der Waals surface area (Å²) in [4.78, 5) is 11.4. The Morgan fingerprint density at radius 1 is 1.50 bits per heavy atom. The van der Waals surface area contributed by atoms with Gasteiger partial charge in [0.1, 0.15) is 5.78 Å². The van der Waals surface area contributed by atoms with Crippen molar-refractivity contribution >= 4 is 5.78 Å². The summed E-state index contributed by atoms with van der Waals surface area (Å²) in [7, 11) is 0. The predicted octanol–water partition coefficient (Wildman–Crippen LogP) is 0.592. The number of ketones is 1. The van der Waals surface area contributed by atoms with E-state index in [0.717, 1.165) is 32.6 Å². The molecule has 0 bridgehead atoms. The van der Waals surface area contributed by atoms with E-state index in [0.29, 0.717) is 12.3 Å². The second kappa shape index (κ2) is 5.27. The summed E-state index contributed by atoms with van der Waals surface area (Å²) in [5.74, 6) is 0.595. The molecule has 0 aromatic carbocycles. The lowest BCUT2D eigenvalue weighted by Crippen LogP contribution is -2.31. The highest BCUT2D eigenvalue weighted by atomic mass is 16.5. The van der Waals surface area contributed by atoms with E-state index >= 15 is 0 Å². The number of nitrogens with one attached hydrogen (secondary N) is 1. The molecule has 3 nitrogen and oxygen atoms in total. The highest BCUT2D eigenvalue weighted by molar-refractivity contribution is 5.83. The lowest BCUT2D eigenvalue weighted by molar-refractivity contribution is -0.124. The zero-order valence-corrected chi connectivity index (χ0v) is 7.64. The Bertz CT molecular complexity index is 141. The molecule has 0 atom stereocenters. The van der Waals surface area contributed by atoms with Crippen LogP contribution in [-0.4, -0.2) is 32.1 Å². The molecule has 1 aliphatic rings. The summed E-state index contributed by atoms with van der Waals surface area (Å²) in [5, 5.41) is 3.05. The van der Waals surface area contributed by atoms with Gasteiger partial charge in [-0.25, -0.2) is 0 Å². The average molecular weight is 171 g/mol. The minimum Gasteiger partial charge on any atom is -0.381 e. The molecule has 1 aliphatic heterocycles. The Kier molecular flexibility index (Phi) is 4.25. The van der Waals surface area contributed by atoms with E-state index in [1.807, 2.05) is 6.92 Å². The first kappa shape index (κ1) is 9.68. The zero-order chi connectivity index (χ0) is 8.81. The Morgan fingerprint density at radius 2 is 2.17 bits per heavy atom. The molecule has 1 rings (SSSR count). The molecule has 1 fully saturated rings. The standard InChI is InChI=1S/C9H17NO2/c1-2-10-7-9(11)8-3-5-12-6-4-8/h8,10H,2-7H2,1H3.